The number of allylic oxidation sites excluding steroid dienone is 4. The van der Waals surface area contributed by atoms with Gasteiger partial charge in [-0.15, -0.1) is 5.10 Å². The molecule has 0 radical (unpaired) electrons. The first-order valence-corrected chi connectivity index (χ1v) is 13.6. The highest BCUT2D eigenvalue weighted by Gasteiger charge is 2.30. The number of carbonyl (C=O) groups excluding carboxylic acids is 1. The van der Waals surface area contributed by atoms with Crippen LogP contribution < -0.4 is 5.32 Å². The number of nitrogens with one attached hydrogen (secondary N) is 1. The fourth-order valence-electron chi connectivity index (χ4n) is 4.85. The van der Waals surface area contributed by atoms with E-state index in [9.17, 15) is 18.0 Å². The number of hydrogen-bond donors (Lipinski definition) is 1. The number of alkyl halides is 3. The van der Waals surface area contributed by atoms with E-state index in [0.717, 1.165) is 64.6 Å². The average molecular weight is 576 g/mol. The third-order valence-electron chi connectivity index (χ3n) is 7.06. The lowest BCUT2D eigenvalue weighted by molar-refractivity contribution is -0.137. The van der Waals surface area contributed by atoms with E-state index in [-0.39, 0.29) is 5.91 Å². The molecule has 1 aliphatic rings. The van der Waals surface area contributed by atoms with Crippen LogP contribution in [-0.2, 0) is 23.9 Å². The van der Waals surface area contributed by atoms with Crippen molar-refractivity contribution >= 4 is 17.3 Å². The largest absolute Gasteiger partial charge is 0.416 e. The Kier molecular flexibility index (Phi) is 8.39. The molecule has 0 saturated carbocycles. The number of nitrogens with zero attached hydrogens (tertiary/aromatic N) is 6. The van der Waals surface area contributed by atoms with Gasteiger partial charge in [-0.1, -0.05) is 41.6 Å². The summed E-state index contributed by atoms with van der Waals surface area (Å²) in [6.45, 7) is 0.710. The number of benzene rings is 2. The van der Waals surface area contributed by atoms with Crippen LogP contribution in [0, 0.1) is 0 Å². The summed E-state index contributed by atoms with van der Waals surface area (Å²) in [6.07, 6.45) is 3.91. The molecule has 2 aromatic heterocycles. The second kappa shape index (κ2) is 12.2. The second-order valence-corrected chi connectivity index (χ2v) is 10.5. The van der Waals surface area contributed by atoms with E-state index in [0.29, 0.717) is 24.9 Å². The molecule has 42 heavy (non-hydrogen) atoms. The Labute approximate surface area is 242 Å². The van der Waals surface area contributed by atoms with Gasteiger partial charge in [-0.25, -0.2) is 9.36 Å². The van der Waals surface area contributed by atoms with E-state index in [4.69, 9.17) is 5.10 Å². The lowest BCUT2D eigenvalue weighted by Crippen LogP contribution is -2.18. The highest BCUT2D eigenvalue weighted by molar-refractivity contribution is 5.76. The minimum atomic E-state index is -4.37. The monoisotopic (exact) mass is 575 g/mol. The van der Waals surface area contributed by atoms with Gasteiger partial charge >= 0.3 is 6.18 Å². The fourth-order valence-corrected chi connectivity index (χ4v) is 4.85. The SMILES string of the molecule is CNC(=O)CCc1cc(-c2ccc(-c3ccc(C(F)(F)F)cc3)cc2)n(C2=CC=C(n3cc(CN(C)C)nn3)CC2)n1. The maximum atomic E-state index is 13.0. The topological polar surface area (TPSA) is 80.9 Å². The van der Waals surface area contributed by atoms with Crippen LogP contribution >= 0.6 is 0 Å². The van der Waals surface area contributed by atoms with Crippen molar-refractivity contribution in [2.45, 2.75) is 38.4 Å². The van der Waals surface area contributed by atoms with Gasteiger partial charge in [0.2, 0.25) is 5.91 Å². The van der Waals surface area contributed by atoms with Crippen molar-refractivity contribution in [3.63, 3.8) is 0 Å². The summed E-state index contributed by atoms with van der Waals surface area (Å²) >= 11 is 0. The van der Waals surface area contributed by atoms with Crippen molar-refractivity contribution in [1.82, 2.24) is 35.0 Å². The lowest BCUT2D eigenvalue weighted by Gasteiger charge is -2.17. The molecule has 0 bridgehead atoms. The number of rotatable bonds is 9. The van der Waals surface area contributed by atoms with Gasteiger partial charge in [-0.2, -0.15) is 18.3 Å². The standard InChI is InChI=1S/C31H32F3N7O/c1-35-30(42)17-12-25-18-29(23-6-4-21(5-7-23)22-8-10-24(11-9-22)31(32,33)34)41(37-25)28-15-13-27(14-16-28)40-20-26(36-38-40)19-39(2)3/h4-11,13,15,18,20H,12,14,16-17,19H2,1-3H3,(H,35,42). The first kappa shape index (κ1) is 29.0. The highest BCUT2D eigenvalue weighted by Crippen LogP contribution is 2.33. The van der Waals surface area contributed by atoms with Crippen molar-refractivity contribution in [1.29, 1.82) is 0 Å². The molecule has 1 N–H and O–H groups in total. The molecular formula is C31H32F3N7O. The van der Waals surface area contributed by atoms with Crippen LogP contribution in [0.15, 0.2) is 72.9 Å². The van der Waals surface area contributed by atoms with Crippen LogP contribution in [0.4, 0.5) is 13.2 Å². The molecule has 2 aromatic carbocycles. The Hall–Kier alpha value is -4.51. The maximum absolute atomic E-state index is 13.0. The number of aromatic nitrogens is 5. The summed E-state index contributed by atoms with van der Waals surface area (Å²) in [7, 11) is 5.58. The molecule has 4 aromatic rings. The zero-order valence-electron chi connectivity index (χ0n) is 23.7. The number of hydrogen-bond acceptors (Lipinski definition) is 5. The Balaban J connectivity index is 1.43. The van der Waals surface area contributed by atoms with Crippen LogP contribution in [0.2, 0.25) is 0 Å². The summed E-state index contributed by atoms with van der Waals surface area (Å²) in [4.78, 5) is 13.9. The summed E-state index contributed by atoms with van der Waals surface area (Å²) in [5, 5.41) is 16.0. The number of carbonyl (C=O) groups is 1. The van der Waals surface area contributed by atoms with E-state index >= 15 is 0 Å². The molecule has 0 aliphatic heterocycles. The van der Waals surface area contributed by atoms with Gasteiger partial charge in [0.05, 0.1) is 28.8 Å². The van der Waals surface area contributed by atoms with Crippen LogP contribution in [-0.4, -0.2) is 56.7 Å². The molecular weight excluding hydrogens is 543 g/mol. The first-order valence-electron chi connectivity index (χ1n) is 13.6. The van der Waals surface area contributed by atoms with Gasteiger partial charge in [-0.3, -0.25) is 4.79 Å². The van der Waals surface area contributed by atoms with Crippen LogP contribution in [0.1, 0.15) is 36.2 Å². The zero-order chi connectivity index (χ0) is 29.9. The molecule has 11 heteroatoms. The van der Waals surface area contributed by atoms with E-state index in [1.807, 2.05) is 77.0 Å². The Bertz CT molecular complexity index is 1610. The number of aryl methyl sites for hydroxylation is 1. The minimum absolute atomic E-state index is 0.0575. The molecule has 0 fully saturated rings. The molecule has 0 spiro atoms. The fraction of sp³-hybridized carbons (Fsp3) is 0.290. The van der Waals surface area contributed by atoms with Gasteiger partial charge in [-0.05, 0) is 68.4 Å². The summed E-state index contributed by atoms with van der Waals surface area (Å²) in [5.41, 5.74) is 6.33. The molecule has 218 valence electrons. The Morgan fingerprint density at radius 2 is 1.55 bits per heavy atom. The van der Waals surface area contributed by atoms with Crippen molar-refractivity contribution in [2.75, 3.05) is 21.1 Å². The van der Waals surface area contributed by atoms with Gasteiger partial charge in [0.1, 0.15) is 0 Å². The molecule has 1 amide bonds. The predicted octanol–water partition coefficient (Wildman–Crippen LogP) is 5.74. The van der Waals surface area contributed by atoms with Gasteiger partial charge in [0.25, 0.3) is 0 Å². The summed E-state index contributed by atoms with van der Waals surface area (Å²) in [6, 6.07) is 14.8. The number of halogens is 3. The minimum Gasteiger partial charge on any atom is -0.359 e. The highest BCUT2D eigenvalue weighted by atomic mass is 19.4. The van der Waals surface area contributed by atoms with E-state index in [1.54, 1.807) is 7.05 Å². The second-order valence-electron chi connectivity index (χ2n) is 10.5. The molecule has 0 atom stereocenters. The molecule has 5 rings (SSSR count). The average Bonchev–Trinajstić information content (AvgIpc) is 3.63. The molecule has 1 aliphatic carbocycles. The van der Waals surface area contributed by atoms with E-state index < -0.39 is 11.7 Å². The maximum Gasteiger partial charge on any atom is 0.416 e. The third-order valence-corrected chi connectivity index (χ3v) is 7.06. The summed E-state index contributed by atoms with van der Waals surface area (Å²) in [5.74, 6) is -0.0575. The molecule has 8 nitrogen and oxygen atoms in total. The Morgan fingerprint density at radius 1 is 0.929 bits per heavy atom. The van der Waals surface area contributed by atoms with Gasteiger partial charge < -0.3 is 10.2 Å². The summed E-state index contributed by atoms with van der Waals surface area (Å²) < 4.78 is 42.7. The quantitative estimate of drug-likeness (QED) is 0.275. The normalized spacial score (nSPS) is 13.7. The molecule has 2 heterocycles. The predicted molar refractivity (Wildman–Crippen MR) is 156 cm³/mol. The van der Waals surface area contributed by atoms with Crippen molar-refractivity contribution in [2.24, 2.45) is 0 Å². The smallest absolute Gasteiger partial charge is 0.359 e. The van der Waals surface area contributed by atoms with Crippen molar-refractivity contribution in [3.8, 4) is 22.4 Å². The number of amides is 1. The van der Waals surface area contributed by atoms with E-state index in [2.05, 4.69) is 15.6 Å². The molecule has 0 unspecified atom stereocenters. The van der Waals surface area contributed by atoms with Crippen molar-refractivity contribution < 1.29 is 18.0 Å². The van der Waals surface area contributed by atoms with Gasteiger partial charge in [0.15, 0.2) is 0 Å². The van der Waals surface area contributed by atoms with E-state index in [1.165, 1.54) is 12.1 Å². The molecule has 0 saturated heterocycles. The third kappa shape index (κ3) is 6.68. The van der Waals surface area contributed by atoms with Crippen LogP contribution in [0.5, 0.6) is 0 Å². The lowest BCUT2D eigenvalue weighted by atomic mass is 10.0. The van der Waals surface area contributed by atoms with Gasteiger partial charge in [0, 0.05) is 43.4 Å². The van der Waals surface area contributed by atoms with Crippen molar-refractivity contribution in [3.05, 3.63) is 89.9 Å². The Morgan fingerprint density at radius 3 is 2.14 bits per heavy atom. The van der Waals surface area contributed by atoms with Crippen LogP contribution in [0.3, 0.4) is 0 Å². The first-order chi connectivity index (χ1) is 20.1. The van der Waals surface area contributed by atoms with Crippen LogP contribution in [0.25, 0.3) is 33.8 Å². The zero-order valence-corrected chi connectivity index (χ0v) is 23.7.